The van der Waals surface area contributed by atoms with Crippen LogP contribution in [-0.2, 0) is 18.3 Å². The molecule has 0 saturated carbocycles. The molecule has 0 spiro atoms. The predicted molar refractivity (Wildman–Crippen MR) is 128 cm³/mol. The van der Waals surface area contributed by atoms with Crippen LogP contribution in [0.5, 0.6) is 11.6 Å². The normalized spacial score (nSPS) is 15.5. The Balaban J connectivity index is 1.74. The van der Waals surface area contributed by atoms with E-state index >= 15 is 0 Å². The molecular formula is C26H31FN4O3. The third kappa shape index (κ3) is 5.56. The molecule has 0 radical (unpaired) electrons. The van der Waals surface area contributed by atoms with Gasteiger partial charge < -0.3 is 19.7 Å². The van der Waals surface area contributed by atoms with Crippen molar-refractivity contribution < 1.29 is 18.7 Å². The van der Waals surface area contributed by atoms with E-state index in [0.29, 0.717) is 30.3 Å². The SMILES string of the molecule is CC(C)NC(=O)N(Cc1c(-c2ccccc2)nn(C)c1Oc1ccccc1F)CC1CCCO1. The largest absolute Gasteiger partial charge is 0.436 e. The van der Waals surface area contributed by atoms with Crippen LogP contribution in [0.25, 0.3) is 11.3 Å². The fourth-order valence-corrected chi connectivity index (χ4v) is 4.06. The Morgan fingerprint density at radius 3 is 2.65 bits per heavy atom. The fourth-order valence-electron chi connectivity index (χ4n) is 4.06. The maximum atomic E-state index is 14.4. The molecule has 1 N–H and O–H groups in total. The van der Waals surface area contributed by atoms with Gasteiger partial charge in [-0.05, 0) is 38.8 Å². The van der Waals surface area contributed by atoms with Crippen LogP contribution >= 0.6 is 0 Å². The lowest BCUT2D eigenvalue weighted by atomic mass is 10.1. The van der Waals surface area contributed by atoms with Crippen molar-refractivity contribution >= 4 is 6.03 Å². The zero-order valence-corrected chi connectivity index (χ0v) is 19.8. The number of nitrogens with one attached hydrogen (secondary N) is 1. The summed E-state index contributed by atoms with van der Waals surface area (Å²) in [6, 6.07) is 15.8. The zero-order valence-electron chi connectivity index (χ0n) is 19.8. The van der Waals surface area contributed by atoms with Crippen LogP contribution in [-0.4, -0.2) is 46.0 Å². The Kier molecular flexibility index (Phi) is 7.47. The topological polar surface area (TPSA) is 68.6 Å². The van der Waals surface area contributed by atoms with E-state index in [9.17, 15) is 9.18 Å². The summed E-state index contributed by atoms with van der Waals surface area (Å²) in [5, 5.41) is 7.68. The van der Waals surface area contributed by atoms with Crippen molar-refractivity contribution in [2.45, 2.75) is 45.4 Å². The first-order valence-corrected chi connectivity index (χ1v) is 11.6. The monoisotopic (exact) mass is 466 g/mol. The molecule has 180 valence electrons. The first-order valence-electron chi connectivity index (χ1n) is 11.6. The van der Waals surface area contributed by atoms with Crippen LogP contribution in [0.3, 0.4) is 0 Å². The molecule has 34 heavy (non-hydrogen) atoms. The zero-order chi connectivity index (χ0) is 24.1. The van der Waals surface area contributed by atoms with Gasteiger partial charge in [-0.1, -0.05) is 42.5 Å². The summed E-state index contributed by atoms with van der Waals surface area (Å²) in [6.45, 7) is 5.23. The first kappa shape index (κ1) is 23.8. The number of carbonyl (C=O) groups is 1. The van der Waals surface area contributed by atoms with Crippen molar-refractivity contribution in [3.8, 4) is 22.9 Å². The van der Waals surface area contributed by atoms with E-state index in [1.165, 1.54) is 6.07 Å². The van der Waals surface area contributed by atoms with Crippen LogP contribution in [0.2, 0.25) is 0 Å². The minimum absolute atomic E-state index is 0.0175. The first-order chi connectivity index (χ1) is 16.4. The van der Waals surface area contributed by atoms with E-state index < -0.39 is 5.82 Å². The minimum Gasteiger partial charge on any atom is -0.436 e. The van der Waals surface area contributed by atoms with Gasteiger partial charge in [0, 0.05) is 31.8 Å². The number of halogens is 1. The van der Waals surface area contributed by atoms with Crippen LogP contribution in [0.1, 0.15) is 32.3 Å². The molecule has 7 nitrogen and oxygen atoms in total. The Labute approximate surface area is 199 Å². The lowest BCUT2D eigenvalue weighted by Crippen LogP contribution is -2.45. The Morgan fingerprint density at radius 1 is 1.24 bits per heavy atom. The van der Waals surface area contributed by atoms with E-state index in [0.717, 1.165) is 18.4 Å². The molecule has 1 atom stereocenters. The van der Waals surface area contributed by atoms with E-state index in [4.69, 9.17) is 14.6 Å². The highest BCUT2D eigenvalue weighted by atomic mass is 19.1. The van der Waals surface area contributed by atoms with Crippen molar-refractivity contribution in [3.05, 3.63) is 66.0 Å². The molecule has 8 heteroatoms. The molecule has 2 amide bonds. The molecule has 3 aromatic rings. The van der Waals surface area contributed by atoms with Gasteiger partial charge in [0.25, 0.3) is 0 Å². The number of rotatable bonds is 8. The average molecular weight is 467 g/mol. The van der Waals surface area contributed by atoms with Gasteiger partial charge in [0.2, 0.25) is 5.88 Å². The van der Waals surface area contributed by atoms with Crippen LogP contribution in [0.15, 0.2) is 54.6 Å². The fraction of sp³-hybridized carbons (Fsp3) is 0.385. The molecule has 1 aromatic heterocycles. The van der Waals surface area contributed by atoms with Crippen molar-refractivity contribution in [2.24, 2.45) is 7.05 Å². The summed E-state index contributed by atoms with van der Waals surface area (Å²) in [6.07, 6.45) is 1.86. The lowest BCUT2D eigenvalue weighted by molar-refractivity contribution is 0.0789. The molecule has 1 aliphatic rings. The predicted octanol–water partition coefficient (Wildman–Crippen LogP) is 5.12. The van der Waals surface area contributed by atoms with E-state index in [1.807, 2.05) is 44.2 Å². The minimum atomic E-state index is -0.468. The van der Waals surface area contributed by atoms with E-state index in [1.54, 1.807) is 34.8 Å². The number of hydrogen-bond acceptors (Lipinski definition) is 4. The number of aryl methyl sites for hydroxylation is 1. The molecule has 1 fully saturated rings. The van der Waals surface area contributed by atoms with Gasteiger partial charge in [0.15, 0.2) is 11.6 Å². The van der Waals surface area contributed by atoms with Gasteiger partial charge in [0.1, 0.15) is 5.69 Å². The molecule has 2 heterocycles. The quantitative estimate of drug-likeness (QED) is 0.501. The molecule has 1 saturated heterocycles. The van der Waals surface area contributed by atoms with Gasteiger partial charge in [-0.25, -0.2) is 13.9 Å². The average Bonchev–Trinajstić information content (AvgIpc) is 3.43. The highest BCUT2D eigenvalue weighted by Crippen LogP contribution is 2.35. The number of amides is 2. The molecule has 0 aliphatic carbocycles. The number of benzene rings is 2. The van der Waals surface area contributed by atoms with Crippen molar-refractivity contribution in [3.63, 3.8) is 0 Å². The Morgan fingerprint density at radius 2 is 1.97 bits per heavy atom. The summed E-state index contributed by atoms with van der Waals surface area (Å²) >= 11 is 0. The third-order valence-electron chi connectivity index (χ3n) is 5.67. The van der Waals surface area contributed by atoms with Crippen molar-refractivity contribution in [2.75, 3.05) is 13.2 Å². The number of urea groups is 1. The number of para-hydroxylation sites is 1. The number of carbonyl (C=O) groups excluding carboxylic acids is 1. The second-order valence-corrected chi connectivity index (χ2v) is 8.77. The van der Waals surface area contributed by atoms with Gasteiger partial charge in [-0.2, -0.15) is 5.10 Å². The van der Waals surface area contributed by atoms with Gasteiger partial charge in [-0.15, -0.1) is 0 Å². The second kappa shape index (κ2) is 10.7. The van der Waals surface area contributed by atoms with E-state index in [2.05, 4.69) is 5.32 Å². The van der Waals surface area contributed by atoms with Crippen molar-refractivity contribution in [1.29, 1.82) is 0 Å². The maximum Gasteiger partial charge on any atom is 0.317 e. The molecule has 4 rings (SSSR count). The second-order valence-electron chi connectivity index (χ2n) is 8.77. The molecule has 1 aliphatic heterocycles. The van der Waals surface area contributed by atoms with Gasteiger partial charge in [0.05, 0.1) is 18.2 Å². The Hall–Kier alpha value is -3.39. The van der Waals surface area contributed by atoms with Crippen LogP contribution in [0, 0.1) is 5.82 Å². The summed E-state index contributed by atoms with van der Waals surface area (Å²) in [5.74, 6) is 0.0204. The van der Waals surface area contributed by atoms with Gasteiger partial charge in [-0.3, -0.25) is 0 Å². The number of aromatic nitrogens is 2. The highest BCUT2D eigenvalue weighted by Gasteiger charge is 2.28. The lowest BCUT2D eigenvalue weighted by Gasteiger charge is -2.27. The summed E-state index contributed by atoms with van der Waals surface area (Å²) in [7, 11) is 1.75. The molecule has 2 aromatic carbocycles. The molecular weight excluding hydrogens is 435 g/mol. The number of hydrogen-bond donors (Lipinski definition) is 1. The number of ether oxygens (including phenoxy) is 2. The summed E-state index contributed by atoms with van der Waals surface area (Å²) in [4.78, 5) is 14.9. The van der Waals surface area contributed by atoms with Crippen molar-refractivity contribution in [1.82, 2.24) is 20.0 Å². The smallest absolute Gasteiger partial charge is 0.317 e. The van der Waals surface area contributed by atoms with Crippen LogP contribution in [0.4, 0.5) is 9.18 Å². The number of nitrogens with zero attached hydrogens (tertiary/aromatic N) is 3. The van der Waals surface area contributed by atoms with E-state index in [-0.39, 0.29) is 30.5 Å². The maximum absolute atomic E-state index is 14.4. The van der Waals surface area contributed by atoms with Crippen LogP contribution < -0.4 is 10.1 Å². The molecule has 1 unspecified atom stereocenters. The van der Waals surface area contributed by atoms with Gasteiger partial charge >= 0.3 is 6.03 Å². The molecule has 0 bridgehead atoms. The summed E-state index contributed by atoms with van der Waals surface area (Å²) in [5.41, 5.74) is 2.27. The third-order valence-corrected chi connectivity index (χ3v) is 5.67. The highest BCUT2D eigenvalue weighted by molar-refractivity contribution is 5.75. The summed E-state index contributed by atoms with van der Waals surface area (Å²) < 4.78 is 27.9. The Bertz CT molecular complexity index is 1110. The standard InChI is InChI=1S/C26H31FN4O3/c1-18(2)28-26(32)31(16-20-12-9-15-33-20)17-21-24(19-10-5-4-6-11-19)29-30(3)25(21)34-23-14-8-7-13-22(23)27/h4-8,10-11,13-14,18,20H,9,12,15-17H2,1-3H3,(H,28,32).